The first-order valence-electron chi connectivity index (χ1n) is 12.0. The van der Waals surface area contributed by atoms with Crippen LogP contribution in [-0.4, -0.2) is 0 Å². The lowest BCUT2D eigenvalue weighted by atomic mass is 9.92. The Hall–Kier alpha value is -4.04. The minimum absolute atomic E-state index is 0.510. The molecule has 0 fully saturated rings. The molecule has 0 bridgehead atoms. The molecule has 6 aromatic rings. The monoisotopic (exact) mass is 440 g/mol. The number of rotatable bonds is 4. The molecular weight excluding hydrogens is 416 g/mol. The van der Waals surface area contributed by atoms with Crippen molar-refractivity contribution in [2.75, 3.05) is 0 Å². The van der Waals surface area contributed by atoms with Crippen molar-refractivity contribution < 1.29 is 8.83 Å². The van der Waals surface area contributed by atoms with E-state index < -0.39 is 0 Å². The molecule has 0 saturated carbocycles. The van der Waals surface area contributed by atoms with Crippen LogP contribution in [0.5, 0.6) is 0 Å². The highest BCUT2D eigenvalue weighted by Gasteiger charge is 2.19. The molecule has 0 radical (unpaired) electrons. The van der Waals surface area contributed by atoms with E-state index in [1.807, 2.05) is 0 Å². The maximum atomic E-state index is 6.59. The van der Waals surface area contributed by atoms with Crippen molar-refractivity contribution in [1.29, 1.82) is 0 Å². The first kappa shape index (κ1) is 19.4. The van der Waals surface area contributed by atoms with Gasteiger partial charge in [0, 0.05) is 28.0 Å². The number of benzene rings is 4. The van der Waals surface area contributed by atoms with Gasteiger partial charge in [-0.2, -0.15) is 0 Å². The predicted molar refractivity (Wildman–Crippen MR) is 140 cm³/mol. The second-order valence-electron chi connectivity index (χ2n) is 9.29. The van der Waals surface area contributed by atoms with Crippen LogP contribution in [0.4, 0.5) is 0 Å². The number of hydrogen-bond donors (Lipinski definition) is 0. The minimum Gasteiger partial charge on any atom is -0.452 e. The molecule has 2 nitrogen and oxygen atoms in total. The summed E-state index contributed by atoms with van der Waals surface area (Å²) in [6.07, 6.45) is 11.7. The summed E-state index contributed by atoms with van der Waals surface area (Å²) >= 11 is 0. The fourth-order valence-corrected chi connectivity index (χ4v) is 5.41. The van der Waals surface area contributed by atoms with Crippen LogP contribution in [0.1, 0.15) is 23.1 Å². The summed E-state index contributed by atoms with van der Waals surface area (Å²) in [6.45, 7) is 0. The number of para-hydroxylation sites is 2. The van der Waals surface area contributed by atoms with Gasteiger partial charge in [-0.3, -0.25) is 0 Å². The molecule has 0 spiro atoms. The fraction of sp³-hybridized carbons (Fsp3) is 0.125. The molecule has 34 heavy (non-hydrogen) atoms. The lowest BCUT2D eigenvalue weighted by molar-refractivity contribution is 0.615. The van der Waals surface area contributed by atoms with Crippen LogP contribution in [0.25, 0.3) is 43.9 Å². The van der Waals surface area contributed by atoms with Gasteiger partial charge in [0.25, 0.3) is 0 Å². The van der Waals surface area contributed by atoms with Gasteiger partial charge >= 0.3 is 0 Å². The van der Waals surface area contributed by atoms with Crippen molar-refractivity contribution in [3.05, 3.63) is 120 Å². The highest BCUT2D eigenvalue weighted by Crippen LogP contribution is 2.40. The van der Waals surface area contributed by atoms with E-state index in [4.69, 9.17) is 8.83 Å². The standard InChI is InChI=1S/C32H24O2/c1-3-9-21(10-4-1)19-23-13-7-15-25-27-17-18-28-26-16-8-14-24(20-22-11-5-2-6-12-22)30(26)34-32(28)31(27)33-29(23)25/h1-11,13-18,22H,12,19-20H2. The summed E-state index contributed by atoms with van der Waals surface area (Å²) < 4.78 is 13.2. The molecule has 0 N–H and O–H groups in total. The van der Waals surface area contributed by atoms with Crippen molar-refractivity contribution in [2.45, 2.75) is 19.3 Å². The van der Waals surface area contributed by atoms with E-state index in [0.717, 1.165) is 63.1 Å². The molecule has 2 heteroatoms. The normalized spacial score (nSPS) is 15.8. The van der Waals surface area contributed by atoms with Gasteiger partial charge in [-0.25, -0.2) is 0 Å². The van der Waals surface area contributed by atoms with Crippen molar-refractivity contribution in [2.24, 2.45) is 5.92 Å². The molecule has 4 aromatic carbocycles. The summed E-state index contributed by atoms with van der Waals surface area (Å²) in [5.74, 6) is 0.510. The summed E-state index contributed by atoms with van der Waals surface area (Å²) in [5, 5.41) is 4.53. The van der Waals surface area contributed by atoms with Crippen LogP contribution in [0.15, 0.2) is 112 Å². The third-order valence-electron chi connectivity index (χ3n) is 7.08. The Balaban J connectivity index is 1.41. The molecule has 0 aliphatic heterocycles. The third-order valence-corrected chi connectivity index (χ3v) is 7.08. The molecule has 0 amide bonds. The van der Waals surface area contributed by atoms with E-state index in [9.17, 15) is 0 Å². The van der Waals surface area contributed by atoms with Gasteiger partial charge in [0.1, 0.15) is 11.2 Å². The SMILES string of the molecule is C1=CCC(Cc2cccc3c2oc2c3ccc3c4cccc(Cc5ccccc5)c4oc32)C=C1. The van der Waals surface area contributed by atoms with E-state index in [1.54, 1.807) is 0 Å². The summed E-state index contributed by atoms with van der Waals surface area (Å²) in [6, 6.07) is 27.9. The predicted octanol–water partition coefficient (Wildman–Crippen LogP) is 8.75. The van der Waals surface area contributed by atoms with Gasteiger partial charge in [-0.15, -0.1) is 0 Å². The maximum Gasteiger partial charge on any atom is 0.178 e. The van der Waals surface area contributed by atoms with E-state index in [-0.39, 0.29) is 0 Å². The molecule has 1 atom stereocenters. The Kier molecular flexibility index (Phi) is 4.44. The largest absolute Gasteiger partial charge is 0.452 e. The molecular formula is C32H24O2. The highest BCUT2D eigenvalue weighted by atomic mass is 16.4. The van der Waals surface area contributed by atoms with Gasteiger partial charge in [0.15, 0.2) is 11.2 Å². The number of allylic oxidation sites excluding steroid dienone is 4. The number of fused-ring (bicyclic) bond motifs is 7. The second kappa shape index (κ2) is 7.78. The van der Waals surface area contributed by atoms with Crippen molar-refractivity contribution in [3.63, 3.8) is 0 Å². The van der Waals surface area contributed by atoms with Gasteiger partial charge in [0.05, 0.1) is 0 Å². The lowest BCUT2D eigenvalue weighted by Crippen LogP contribution is -2.02. The zero-order chi connectivity index (χ0) is 22.5. The fourth-order valence-electron chi connectivity index (χ4n) is 5.41. The van der Waals surface area contributed by atoms with Crippen molar-refractivity contribution >= 4 is 43.9 Å². The van der Waals surface area contributed by atoms with E-state index in [2.05, 4.69) is 103 Å². The average Bonchev–Trinajstić information content (AvgIpc) is 3.45. The zero-order valence-corrected chi connectivity index (χ0v) is 18.8. The van der Waals surface area contributed by atoms with Gasteiger partial charge < -0.3 is 8.83 Å². The van der Waals surface area contributed by atoms with E-state index in [1.165, 1.54) is 16.7 Å². The topological polar surface area (TPSA) is 26.3 Å². The summed E-state index contributed by atoms with van der Waals surface area (Å²) in [5.41, 5.74) is 7.36. The molecule has 7 rings (SSSR count). The van der Waals surface area contributed by atoms with E-state index >= 15 is 0 Å². The zero-order valence-electron chi connectivity index (χ0n) is 18.8. The van der Waals surface area contributed by atoms with Crippen LogP contribution < -0.4 is 0 Å². The average molecular weight is 441 g/mol. The Bertz CT molecular complexity index is 1730. The molecule has 1 unspecified atom stereocenters. The van der Waals surface area contributed by atoms with Crippen LogP contribution in [0, 0.1) is 5.92 Å². The second-order valence-corrected chi connectivity index (χ2v) is 9.29. The Labute approximate surface area is 197 Å². The number of hydrogen-bond acceptors (Lipinski definition) is 2. The molecule has 0 saturated heterocycles. The summed E-state index contributed by atoms with van der Waals surface area (Å²) in [4.78, 5) is 0. The van der Waals surface area contributed by atoms with Crippen LogP contribution in [-0.2, 0) is 12.8 Å². The molecule has 164 valence electrons. The first-order chi connectivity index (χ1) is 16.8. The third kappa shape index (κ3) is 3.10. The van der Waals surface area contributed by atoms with Crippen LogP contribution in [0.3, 0.4) is 0 Å². The van der Waals surface area contributed by atoms with Crippen molar-refractivity contribution in [3.8, 4) is 0 Å². The quantitative estimate of drug-likeness (QED) is 0.274. The van der Waals surface area contributed by atoms with Crippen molar-refractivity contribution in [1.82, 2.24) is 0 Å². The minimum atomic E-state index is 0.510. The highest BCUT2D eigenvalue weighted by molar-refractivity contribution is 6.19. The molecule has 1 aliphatic rings. The Morgan fingerprint density at radius 3 is 1.91 bits per heavy atom. The lowest BCUT2D eigenvalue weighted by Gasteiger charge is -2.12. The van der Waals surface area contributed by atoms with Crippen LogP contribution in [0.2, 0.25) is 0 Å². The van der Waals surface area contributed by atoms with Gasteiger partial charge in [0.2, 0.25) is 0 Å². The summed E-state index contributed by atoms with van der Waals surface area (Å²) in [7, 11) is 0. The molecule has 2 aromatic heterocycles. The molecule has 1 aliphatic carbocycles. The Morgan fingerprint density at radius 1 is 0.588 bits per heavy atom. The molecule has 2 heterocycles. The Morgan fingerprint density at radius 2 is 1.24 bits per heavy atom. The van der Waals surface area contributed by atoms with Gasteiger partial charge in [-0.1, -0.05) is 91.0 Å². The van der Waals surface area contributed by atoms with Gasteiger partial charge in [-0.05, 0) is 47.6 Å². The first-order valence-corrected chi connectivity index (χ1v) is 12.0. The van der Waals surface area contributed by atoms with E-state index in [0.29, 0.717) is 5.92 Å². The maximum absolute atomic E-state index is 6.59. The smallest absolute Gasteiger partial charge is 0.178 e. The van der Waals surface area contributed by atoms with Crippen LogP contribution >= 0.6 is 0 Å². The number of furan rings is 2.